The van der Waals surface area contributed by atoms with Crippen molar-refractivity contribution >= 4 is 116 Å². The van der Waals surface area contributed by atoms with Gasteiger partial charge in [0.25, 0.3) is 0 Å². The lowest BCUT2D eigenvalue weighted by Gasteiger charge is -2.24. The molecule has 12 rings (SSSR count). The highest BCUT2D eigenvalue weighted by molar-refractivity contribution is 7.29. The summed E-state index contributed by atoms with van der Waals surface area (Å²) in [7, 11) is 0. The largest absolute Gasteiger partial charge is 0.456 e. The number of fused-ring (bicyclic) bond motifs is 3. The van der Waals surface area contributed by atoms with Gasteiger partial charge in [-0.2, -0.15) is 0 Å². The highest BCUT2D eigenvalue weighted by Gasteiger charge is 2.38. The van der Waals surface area contributed by atoms with Crippen LogP contribution in [-0.4, -0.2) is 0 Å². The van der Waals surface area contributed by atoms with E-state index in [4.69, 9.17) is 4.42 Å². The summed E-state index contributed by atoms with van der Waals surface area (Å²) in [6, 6.07) is 32.2. The molecule has 0 bridgehead atoms. The number of benzene rings is 6. The van der Waals surface area contributed by atoms with Gasteiger partial charge in [0.2, 0.25) is 0 Å². The molecular weight excluding hydrogens is 581 g/mol. The lowest BCUT2D eigenvalue weighted by molar-refractivity contribution is 0.662. The van der Waals surface area contributed by atoms with Crippen molar-refractivity contribution in [1.82, 2.24) is 0 Å². The van der Waals surface area contributed by atoms with Gasteiger partial charge in [-0.3, -0.25) is 0 Å². The molecule has 1 aliphatic rings. The summed E-state index contributed by atoms with van der Waals surface area (Å²) >= 11 is 5.84. The normalized spacial score (nSPS) is 14.9. The highest BCUT2D eigenvalue weighted by atomic mass is 32.1. The van der Waals surface area contributed by atoms with Gasteiger partial charge >= 0.3 is 0 Å². The molecule has 0 saturated carbocycles. The molecule has 0 aliphatic heterocycles. The van der Waals surface area contributed by atoms with Gasteiger partial charge in [-0.1, -0.05) is 56.3 Å². The summed E-state index contributed by atoms with van der Waals surface area (Å²) in [6.07, 6.45) is 0. The molecule has 0 saturated heterocycles. The van der Waals surface area contributed by atoms with E-state index in [0.29, 0.717) is 0 Å². The first-order valence-corrected chi connectivity index (χ1v) is 17.2. The van der Waals surface area contributed by atoms with Crippen LogP contribution in [0, 0.1) is 0 Å². The van der Waals surface area contributed by atoms with Gasteiger partial charge in [0.15, 0.2) is 0 Å². The Morgan fingerprint density at radius 3 is 1.74 bits per heavy atom. The molecule has 7 aromatic carbocycles. The number of rotatable bonds is 1. The van der Waals surface area contributed by atoms with Crippen LogP contribution in [0.5, 0.6) is 0 Å². The predicted octanol–water partition coefficient (Wildman–Crippen LogP) is 13.0. The number of furan rings is 1. The standard InChI is InChI=1S/C39H20OS3/c1-39(2)21-9-4-3-6-17(21)18-7-5-8-19(37(18)39)20-16-28-35-32-25(42-28)13-11-23-30(32)29-22(40-23)10-12-24-31(29)33-26(41-24)14-15-27-34(33)36(35)38(20)43-27/h3-16H,1-2H3. The molecule has 4 heterocycles. The van der Waals surface area contributed by atoms with Gasteiger partial charge in [0.05, 0.1) is 0 Å². The van der Waals surface area contributed by atoms with Crippen LogP contribution in [0.1, 0.15) is 25.0 Å². The molecule has 0 unspecified atom stereocenters. The average molecular weight is 601 g/mol. The third kappa shape index (κ3) is 2.34. The first kappa shape index (κ1) is 22.3. The summed E-state index contributed by atoms with van der Waals surface area (Å²) < 4.78 is 14.8. The molecule has 200 valence electrons. The van der Waals surface area contributed by atoms with Crippen LogP contribution in [0.15, 0.2) is 89.3 Å². The van der Waals surface area contributed by atoms with E-state index < -0.39 is 0 Å². The maximum Gasteiger partial charge on any atom is 0.136 e. The van der Waals surface area contributed by atoms with Crippen LogP contribution in [0.3, 0.4) is 0 Å². The Labute approximate surface area is 257 Å². The second kappa shape index (κ2) is 6.95. The van der Waals surface area contributed by atoms with E-state index in [9.17, 15) is 0 Å². The quantitative estimate of drug-likeness (QED) is 0.183. The van der Waals surface area contributed by atoms with E-state index in [1.807, 2.05) is 34.0 Å². The summed E-state index contributed by atoms with van der Waals surface area (Å²) in [5.41, 5.74) is 10.3. The molecule has 0 fully saturated rings. The van der Waals surface area contributed by atoms with Crippen LogP contribution in [-0.2, 0) is 5.41 Å². The Bertz CT molecular complexity index is 2940. The Hall–Kier alpha value is -4.22. The van der Waals surface area contributed by atoms with E-state index in [-0.39, 0.29) is 5.41 Å². The van der Waals surface area contributed by atoms with Crippen molar-refractivity contribution in [3.63, 3.8) is 0 Å². The maximum atomic E-state index is 6.57. The average Bonchev–Trinajstić information content (AvgIpc) is 3.80. The van der Waals surface area contributed by atoms with E-state index in [2.05, 4.69) is 98.8 Å². The van der Waals surface area contributed by atoms with E-state index in [1.165, 1.54) is 105 Å². The fourth-order valence-electron chi connectivity index (χ4n) is 8.74. The van der Waals surface area contributed by atoms with Gasteiger partial charge in [-0.25, -0.2) is 0 Å². The number of hydrogen-bond donors (Lipinski definition) is 0. The van der Waals surface area contributed by atoms with Crippen molar-refractivity contribution in [2.75, 3.05) is 0 Å². The first-order chi connectivity index (χ1) is 21.1. The molecule has 1 aliphatic carbocycles. The fourth-order valence-corrected chi connectivity index (χ4v) is 12.3. The van der Waals surface area contributed by atoms with E-state index in [1.54, 1.807) is 0 Å². The molecule has 43 heavy (non-hydrogen) atoms. The Morgan fingerprint density at radius 2 is 1.00 bits per heavy atom. The van der Waals surface area contributed by atoms with E-state index in [0.717, 1.165) is 11.2 Å². The molecule has 4 aromatic heterocycles. The third-order valence-electron chi connectivity index (χ3n) is 10.4. The van der Waals surface area contributed by atoms with Crippen molar-refractivity contribution in [3.05, 3.63) is 96.1 Å². The Kier molecular flexibility index (Phi) is 3.61. The van der Waals surface area contributed by atoms with Crippen LogP contribution in [0.25, 0.3) is 105 Å². The van der Waals surface area contributed by atoms with Crippen molar-refractivity contribution in [3.8, 4) is 22.3 Å². The van der Waals surface area contributed by atoms with Crippen LogP contribution in [0.2, 0.25) is 0 Å². The van der Waals surface area contributed by atoms with Crippen LogP contribution < -0.4 is 0 Å². The summed E-state index contributed by atoms with van der Waals surface area (Å²) in [4.78, 5) is 0. The molecule has 0 amide bonds. The molecule has 0 radical (unpaired) electrons. The zero-order valence-corrected chi connectivity index (χ0v) is 25.7. The minimum atomic E-state index is -0.0770. The second-order valence-corrected chi connectivity index (χ2v) is 16.0. The topological polar surface area (TPSA) is 13.1 Å². The smallest absolute Gasteiger partial charge is 0.136 e. The number of hydrogen-bond acceptors (Lipinski definition) is 4. The number of thiophene rings is 3. The molecule has 1 nitrogen and oxygen atoms in total. The Balaban J connectivity index is 1.37. The molecule has 4 heteroatoms. The third-order valence-corrected chi connectivity index (χ3v) is 13.8. The lowest BCUT2D eigenvalue weighted by Crippen LogP contribution is -2.16. The van der Waals surface area contributed by atoms with Crippen molar-refractivity contribution in [1.29, 1.82) is 0 Å². The molecule has 11 aromatic rings. The van der Waals surface area contributed by atoms with Crippen molar-refractivity contribution < 1.29 is 4.42 Å². The molecule has 0 N–H and O–H groups in total. The van der Waals surface area contributed by atoms with Crippen molar-refractivity contribution in [2.45, 2.75) is 19.3 Å². The second-order valence-electron chi connectivity index (χ2n) is 12.7. The van der Waals surface area contributed by atoms with Crippen LogP contribution >= 0.6 is 34.0 Å². The predicted molar refractivity (Wildman–Crippen MR) is 189 cm³/mol. The minimum Gasteiger partial charge on any atom is -0.456 e. The summed E-state index contributed by atoms with van der Waals surface area (Å²) in [6.45, 7) is 4.81. The Morgan fingerprint density at radius 1 is 0.465 bits per heavy atom. The lowest BCUT2D eigenvalue weighted by atomic mass is 9.78. The zero-order valence-electron chi connectivity index (χ0n) is 23.2. The first-order valence-electron chi connectivity index (χ1n) is 14.8. The maximum absolute atomic E-state index is 6.57. The van der Waals surface area contributed by atoms with Gasteiger partial charge in [0, 0.05) is 82.3 Å². The highest BCUT2D eigenvalue weighted by Crippen LogP contribution is 2.58. The summed E-state index contributed by atoms with van der Waals surface area (Å²) in [5, 5.41) is 11.0. The summed E-state index contributed by atoms with van der Waals surface area (Å²) in [5.74, 6) is 0. The van der Waals surface area contributed by atoms with Gasteiger partial charge in [-0.05, 0) is 70.3 Å². The van der Waals surface area contributed by atoms with Crippen LogP contribution in [0.4, 0.5) is 0 Å². The minimum absolute atomic E-state index is 0.0770. The fraction of sp³-hybridized carbons (Fsp3) is 0.0769. The molecule has 0 atom stereocenters. The SMILES string of the molecule is CC1(C)c2ccccc2-c2cccc(-c3cc4sc5ccc6oc7ccc8sc9ccc%10sc3c3c4c5c6c7c8c9c%103)c21. The van der Waals surface area contributed by atoms with Gasteiger partial charge in [-0.15, -0.1) is 34.0 Å². The van der Waals surface area contributed by atoms with Gasteiger partial charge < -0.3 is 4.42 Å². The molecule has 0 spiro atoms. The van der Waals surface area contributed by atoms with Gasteiger partial charge in [0.1, 0.15) is 11.2 Å². The van der Waals surface area contributed by atoms with E-state index >= 15 is 0 Å². The zero-order chi connectivity index (χ0) is 27.9. The van der Waals surface area contributed by atoms with Crippen molar-refractivity contribution in [2.24, 2.45) is 0 Å². The molecular formula is C39H20OS3. The monoisotopic (exact) mass is 600 g/mol.